The Morgan fingerprint density at radius 1 is 1.06 bits per heavy atom. The van der Waals surface area contributed by atoms with E-state index < -0.39 is 0 Å². The minimum Gasteiger partial charge on any atom is -0.464 e. The predicted octanol–water partition coefficient (Wildman–Crippen LogP) is 3.31. The highest BCUT2D eigenvalue weighted by Crippen LogP contribution is 2.25. The second-order valence-corrected chi connectivity index (χ2v) is 3.70. The molecule has 0 unspecified atom stereocenters. The number of rotatable bonds is 2. The molecule has 0 saturated carbocycles. The van der Waals surface area contributed by atoms with Gasteiger partial charge in [-0.25, -0.2) is 0 Å². The lowest BCUT2D eigenvalue weighted by Crippen LogP contribution is -1.80. The fourth-order valence-electron chi connectivity index (χ4n) is 1.66. The quantitative estimate of drug-likeness (QED) is 0.672. The van der Waals surface area contributed by atoms with Crippen molar-refractivity contribution in [1.29, 1.82) is 0 Å². The van der Waals surface area contributed by atoms with E-state index in [0.717, 1.165) is 16.9 Å². The molecule has 0 radical (unpaired) electrons. The number of aromatic nitrogens is 2. The SMILES string of the molecule is Cc1noc(-c2cccc(-c3ccco3)c2)n1. The molecule has 17 heavy (non-hydrogen) atoms. The Bertz CT molecular complexity index is 626. The van der Waals surface area contributed by atoms with Crippen LogP contribution in [0.5, 0.6) is 0 Å². The maximum absolute atomic E-state index is 5.35. The summed E-state index contributed by atoms with van der Waals surface area (Å²) < 4.78 is 10.5. The van der Waals surface area contributed by atoms with Gasteiger partial charge in [0.05, 0.1) is 6.26 Å². The van der Waals surface area contributed by atoms with Gasteiger partial charge in [0, 0.05) is 11.1 Å². The molecule has 0 saturated heterocycles. The fourth-order valence-corrected chi connectivity index (χ4v) is 1.66. The lowest BCUT2D eigenvalue weighted by atomic mass is 10.1. The van der Waals surface area contributed by atoms with Crippen LogP contribution in [0, 0.1) is 6.92 Å². The van der Waals surface area contributed by atoms with E-state index in [1.54, 1.807) is 13.2 Å². The van der Waals surface area contributed by atoms with E-state index in [9.17, 15) is 0 Å². The molecule has 0 spiro atoms. The van der Waals surface area contributed by atoms with Crippen LogP contribution < -0.4 is 0 Å². The van der Waals surface area contributed by atoms with Gasteiger partial charge in [-0.3, -0.25) is 0 Å². The smallest absolute Gasteiger partial charge is 0.257 e. The molecule has 0 fully saturated rings. The summed E-state index contributed by atoms with van der Waals surface area (Å²) in [6, 6.07) is 11.6. The van der Waals surface area contributed by atoms with Crippen LogP contribution in [0.1, 0.15) is 5.82 Å². The summed E-state index contributed by atoms with van der Waals surface area (Å²) in [5, 5.41) is 3.78. The molecule has 4 nitrogen and oxygen atoms in total. The normalized spacial score (nSPS) is 10.6. The second-order valence-electron chi connectivity index (χ2n) is 3.70. The van der Waals surface area contributed by atoms with Crippen molar-refractivity contribution >= 4 is 0 Å². The molecule has 0 aliphatic rings. The summed E-state index contributed by atoms with van der Waals surface area (Å²) in [5.74, 6) is 1.97. The van der Waals surface area contributed by atoms with Crippen LogP contribution in [-0.4, -0.2) is 10.1 Å². The Morgan fingerprint density at radius 2 is 1.94 bits per heavy atom. The van der Waals surface area contributed by atoms with Gasteiger partial charge in [0.15, 0.2) is 5.82 Å². The number of hydrogen-bond acceptors (Lipinski definition) is 4. The Morgan fingerprint density at radius 3 is 2.65 bits per heavy atom. The number of aryl methyl sites for hydroxylation is 1. The number of nitrogens with zero attached hydrogens (tertiary/aromatic N) is 2. The summed E-state index contributed by atoms with van der Waals surface area (Å²) in [6.45, 7) is 1.80. The molecular formula is C13H10N2O2. The third kappa shape index (κ3) is 1.85. The zero-order valence-corrected chi connectivity index (χ0v) is 9.25. The largest absolute Gasteiger partial charge is 0.464 e. The first-order chi connectivity index (χ1) is 8.33. The highest BCUT2D eigenvalue weighted by molar-refractivity contribution is 5.66. The van der Waals surface area contributed by atoms with Crippen LogP contribution >= 0.6 is 0 Å². The first-order valence-electron chi connectivity index (χ1n) is 5.27. The summed E-state index contributed by atoms with van der Waals surface area (Å²) in [5.41, 5.74) is 1.88. The molecule has 0 atom stereocenters. The third-order valence-electron chi connectivity index (χ3n) is 2.44. The van der Waals surface area contributed by atoms with Gasteiger partial charge in [-0.1, -0.05) is 17.3 Å². The molecule has 84 valence electrons. The van der Waals surface area contributed by atoms with Gasteiger partial charge in [-0.2, -0.15) is 4.98 Å². The molecule has 0 N–H and O–H groups in total. The number of furan rings is 1. The van der Waals surface area contributed by atoms with Crippen LogP contribution in [0.15, 0.2) is 51.6 Å². The summed E-state index contributed by atoms with van der Waals surface area (Å²) in [4.78, 5) is 4.19. The van der Waals surface area contributed by atoms with Crippen molar-refractivity contribution in [3.63, 3.8) is 0 Å². The molecule has 0 amide bonds. The zero-order chi connectivity index (χ0) is 11.7. The van der Waals surface area contributed by atoms with Gasteiger partial charge in [0.2, 0.25) is 0 Å². The van der Waals surface area contributed by atoms with Crippen molar-refractivity contribution in [3.8, 4) is 22.8 Å². The second kappa shape index (κ2) is 3.90. The first-order valence-corrected chi connectivity index (χ1v) is 5.27. The average molecular weight is 226 g/mol. The van der Waals surface area contributed by atoms with E-state index >= 15 is 0 Å². The van der Waals surface area contributed by atoms with Gasteiger partial charge >= 0.3 is 0 Å². The lowest BCUT2D eigenvalue weighted by Gasteiger charge is -1.98. The van der Waals surface area contributed by atoms with E-state index in [2.05, 4.69) is 10.1 Å². The van der Waals surface area contributed by atoms with Crippen molar-refractivity contribution in [1.82, 2.24) is 10.1 Å². The third-order valence-corrected chi connectivity index (χ3v) is 2.44. The Labute approximate surface area is 97.9 Å². The summed E-state index contributed by atoms with van der Waals surface area (Å²) >= 11 is 0. The van der Waals surface area contributed by atoms with Crippen molar-refractivity contribution in [2.24, 2.45) is 0 Å². The topological polar surface area (TPSA) is 52.1 Å². The molecule has 1 aromatic carbocycles. The van der Waals surface area contributed by atoms with Gasteiger partial charge in [0.1, 0.15) is 5.76 Å². The van der Waals surface area contributed by atoms with E-state index in [1.807, 2.05) is 36.4 Å². The van der Waals surface area contributed by atoms with Gasteiger partial charge < -0.3 is 8.94 Å². The predicted molar refractivity (Wildman–Crippen MR) is 62.2 cm³/mol. The standard InChI is InChI=1S/C13H10N2O2/c1-9-14-13(17-15-9)11-5-2-4-10(8-11)12-6-3-7-16-12/h2-8H,1H3. The van der Waals surface area contributed by atoms with Crippen molar-refractivity contribution in [2.75, 3.05) is 0 Å². The molecule has 3 rings (SSSR count). The minimum atomic E-state index is 0.524. The number of hydrogen-bond donors (Lipinski definition) is 0. The molecule has 2 heterocycles. The molecule has 0 aliphatic carbocycles. The summed E-state index contributed by atoms with van der Waals surface area (Å²) in [7, 11) is 0. The maximum atomic E-state index is 5.35. The van der Waals surface area contributed by atoms with E-state index in [1.165, 1.54) is 0 Å². The van der Waals surface area contributed by atoms with Crippen molar-refractivity contribution in [2.45, 2.75) is 6.92 Å². The van der Waals surface area contributed by atoms with Crippen molar-refractivity contribution in [3.05, 3.63) is 48.5 Å². The zero-order valence-electron chi connectivity index (χ0n) is 9.25. The Hall–Kier alpha value is -2.36. The highest BCUT2D eigenvalue weighted by atomic mass is 16.5. The minimum absolute atomic E-state index is 0.524. The van der Waals surface area contributed by atoms with E-state index in [0.29, 0.717) is 11.7 Å². The van der Waals surface area contributed by atoms with Crippen LogP contribution in [0.2, 0.25) is 0 Å². The molecular weight excluding hydrogens is 216 g/mol. The van der Waals surface area contributed by atoms with Gasteiger partial charge in [-0.05, 0) is 31.2 Å². The monoisotopic (exact) mass is 226 g/mol. The number of benzene rings is 1. The molecule has 3 aromatic rings. The van der Waals surface area contributed by atoms with E-state index in [-0.39, 0.29) is 0 Å². The van der Waals surface area contributed by atoms with Gasteiger partial charge in [-0.15, -0.1) is 0 Å². The Balaban J connectivity index is 2.05. The van der Waals surface area contributed by atoms with Crippen molar-refractivity contribution < 1.29 is 8.94 Å². The highest BCUT2D eigenvalue weighted by Gasteiger charge is 2.08. The van der Waals surface area contributed by atoms with Crippen LogP contribution in [0.4, 0.5) is 0 Å². The summed E-state index contributed by atoms with van der Waals surface area (Å²) in [6.07, 6.45) is 1.65. The average Bonchev–Trinajstić information content (AvgIpc) is 3.00. The first kappa shape index (κ1) is 9.84. The molecule has 0 aliphatic heterocycles. The maximum Gasteiger partial charge on any atom is 0.257 e. The molecule has 4 heteroatoms. The fraction of sp³-hybridized carbons (Fsp3) is 0.0769. The van der Waals surface area contributed by atoms with Gasteiger partial charge in [0.25, 0.3) is 5.89 Å². The molecule has 2 aromatic heterocycles. The van der Waals surface area contributed by atoms with E-state index in [4.69, 9.17) is 8.94 Å². The van der Waals surface area contributed by atoms with Crippen LogP contribution in [0.3, 0.4) is 0 Å². The molecule has 0 bridgehead atoms. The van der Waals surface area contributed by atoms with Crippen LogP contribution in [-0.2, 0) is 0 Å². The van der Waals surface area contributed by atoms with Crippen LogP contribution in [0.25, 0.3) is 22.8 Å². The Kier molecular flexibility index (Phi) is 2.26. The lowest BCUT2D eigenvalue weighted by molar-refractivity contribution is 0.425.